The number of nitrogens with zero attached hydrogens (tertiary/aromatic N) is 2. The molecule has 7 heteroatoms. The lowest BCUT2D eigenvalue weighted by Crippen LogP contribution is -2.44. The summed E-state index contributed by atoms with van der Waals surface area (Å²) in [5, 5.41) is 6.96. The van der Waals surface area contributed by atoms with Crippen molar-refractivity contribution in [1.29, 1.82) is 0 Å². The van der Waals surface area contributed by atoms with E-state index >= 15 is 0 Å². The third-order valence-electron chi connectivity index (χ3n) is 5.07. The molecule has 2 aromatic carbocycles. The number of nitrogens with one attached hydrogen (secondary N) is 2. The number of guanidine groups is 1. The molecule has 1 heterocycles. The van der Waals surface area contributed by atoms with Gasteiger partial charge in [-0.05, 0) is 43.2 Å². The molecule has 0 amide bonds. The first-order valence-corrected chi connectivity index (χ1v) is 10.2. The van der Waals surface area contributed by atoms with E-state index in [0.29, 0.717) is 25.8 Å². The summed E-state index contributed by atoms with van der Waals surface area (Å²) in [6, 6.07) is 17.2. The van der Waals surface area contributed by atoms with E-state index in [1.54, 1.807) is 7.11 Å². The molecule has 30 heavy (non-hydrogen) atoms. The second kappa shape index (κ2) is 12.6. The van der Waals surface area contributed by atoms with Crippen molar-refractivity contribution in [3.05, 3.63) is 59.7 Å². The first kappa shape index (κ1) is 24.3. The van der Waals surface area contributed by atoms with Crippen LogP contribution in [0.4, 0.5) is 5.69 Å². The minimum Gasteiger partial charge on any atom is -0.491 e. The zero-order valence-corrected chi connectivity index (χ0v) is 20.4. The zero-order valence-electron chi connectivity index (χ0n) is 18.1. The maximum Gasteiger partial charge on any atom is 0.191 e. The van der Waals surface area contributed by atoms with Gasteiger partial charge in [-0.3, -0.25) is 4.99 Å². The van der Waals surface area contributed by atoms with Crippen LogP contribution >= 0.6 is 24.0 Å². The standard InChI is InChI=1S/C23H32N4O2.HI/c1-18-7-9-21(10-8-18)27-12-11-20(17-27)26-23(24-2)25-16-19-5-4-6-22(15-19)29-14-13-28-3;/h4-10,15,20H,11-14,16-17H2,1-3H3,(H2,24,25,26);1H. The molecule has 1 atom stereocenters. The molecule has 1 saturated heterocycles. The number of benzene rings is 2. The second-order valence-electron chi connectivity index (χ2n) is 7.33. The van der Waals surface area contributed by atoms with E-state index in [1.165, 1.54) is 11.3 Å². The highest BCUT2D eigenvalue weighted by Crippen LogP contribution is 2.20. The average molecular weight is 524 g/mol. The fourth-order valence-corrected chi connectivity index (χ4v) is 3.43. The van der Waals surface area contributed by atoms with E-state index < -0.39 is 0 Å². The summed E-state index contributed by atoms with van der Waals surface area (Å²) in [6.07, 6.45) is 1.09. The lowest BCUT2D eigenvalue weighted by Gasteiger charge is -2.20. The number of hydrogen-bond donors (Lipinski definition) is 2. The number of anilines is 1. The van der Waals surface area contributed by atoms with Crippen LogP contribution in [0.3, 0.4) is 0 Å². The van der Waals surface area contributed by atoms with Gasteiger partial charge in [0.2, 0.25) is 0 Å². The zero-order chi connectivity index (χ0) is 20.5. The van der Waals surface area contributed by atoms with Crippen molar-refractivity contribution < 1.29 is 9.47 Å². The lowest BCUT2D eigenvalue weighted by molar-refractivity contribution is 0.146. The SMILES string of the molecule is CN=C(NCc1cccc(OCCOC)c1)NC1CCN(c2ccc(C)cc2)C1.I. The van der Waals surface area contributed by atoms with Crippen LogP contribution in [-0.4, -0.2) is 52.5 Å². The molecule has 0 spiro atoms. The number of methoxy groups -OCH3 is 1. The van der Waals surface area contributed by atoms with Gasteiger partial charge in [-0.2, -0.15) is 0 Å². The van der Waals surface area contributed by atoms with E-state index in [9.17, 15) is 0 Å². The van der Waals surface area contributed by atoms with E-state index in [1.807, 2.05) is 25.2 Å². The molecule has 0 radical (unpaired) electrons. The number of halogens is 1. The molecule has 1 fully saturated rings. The Morgan fingerprint density at radius 3 is 2.70 bits per heavy atom. The first-order valence-electron chi connectivity index (χ1n) is 10.2. The summed E-state index contributed by atoms with van der Waals surface area (Å²) < 4.78 is 10.7. The molecule has 3 rings (SSSR count). The summed E-state index contributed by atoms with van der Waals surface area (Å²) in [7, 11) is 3.49. The van der Waals surface area contributed by atoms with Crippen molar-refractivity contribution in [1.82, 2.24) is 10.6 Å². The predicted molar refractivity (Wildman–Crippen MR) is 134 cm³/mol. The van der Waals surface area contributed by atoms with E-state index in [4.69, 9.17) is 9.47 Å². The van der Waals surface area contributed by atoms with Crippen molar-refractivity contribution in [2.45, 2.75) is 25.9 Å². The Labute approximate surface area is 197 Å². The van der Waals surface area contributed by atoms with Crippen LogP contribution in [0.25, 0.3) is 0 Å². The number of aryl methyl sites for hydroxylation is 1. The van der Waals surface area contributed by atoms with Gasteiger partial charge in [0, 0.05) is 45.5 Å². The summed E-state index contributed by atoms with van der Waals surface area (Å²) in [4.78, 5) is 6.81. The largest absolute Gasteiger partial charge is 0.491 e. The normalized spacial score (nSPS) is 16.2. The summed E-state index contributed by atoms with van der Waals surface area (Å²) in [5.74, 6) is 1.68. The average Bonchev–Trinajstić information content (AvgIpc) is 3.20. The van der Waals surface area contributed by atoms with E-state index in [-0.39, 0.29) is 24.0 Å². The molecule has 1 aliphatic heterocycles. The van der Waals surface area contributed by atoms with Crippen LogP contribution < -0.4 is 20.3 Å². The Balaban J connectivity index is 0.00000320. The van der Waals surface area contributed by atoms with Gasteiger partial charge in [0.25, 0.3) is 0 Å². The Morgan fingerprint density at radius 1 is 1.17 bits per heavy atom. The molecule has 164 valence electrons. The second-order valence-corrected chi connectivity index (χ2v) is 7.33. The molecular formula is C23H33IN4O2. The molecule has 1 aliphatic rings. The van der Waals surface area contributed by atoms with Gasteiger partial charge in [-0.25, -0.2) is 0 Å². The fraction of sp³-hybridized carbons (Fsp3) is 0.435. The molecular weight excluding hydrogens is 491 g/mol. The van der Waals surface area contributed by atoms with Gasteiger partial charge in [0.05, 0.1) is 6.61 Å². The van der Waals surface area contributed by atoms with Crippen molar-refractivity contribution in [3.8, 4) is 5.75 Å². The highest BCUT2D eigenvalue weighted by Gasteiger charge is 2.23. The van der Waals surface area contributed by atoms with Gasteiger partial charge in [0.15, 0.2) is 5.96 Å². The number of ether oxygens (including phenoxy) is 2. The van der Waals surface area contributed by atoms with Crippen LogP contribution in [0, 0.1) is 6.92 Å². The van der Waals surface area contributed by atoms with Crippen LogP contribution in [0.1, 0.15) is 17.5 Å². The third-order valence-corrected chi connectivity index (χ3v) is 5.07. The van der Waals surface area contributed by atoms with Crippen LogP contribution in [0.2, 0.25) is 0 Å². The predicted octanol–water partition coefficient (Wildman–Crippen LogP) is 3.58. The summed E-state index contributed by atoms with van der Waals surface area (Å²) >= 11 is 0. The van der Waals surface area contributed by atoms with Gasteiger partial charge >= 0.3 is 0 Å². The monoisotopic (exact) mass is 524 g/mol. The van der Waals surface area contributed by atoms with Crippen LogP contribution in [0.5, 0.6) is 5.75 Å². The van der Waals surface area contributed by atoms with Gasteiger partial charge in [0.1, 0.15) is 12.4 Å². The molecule has 2 aromatic rings. The Morgan fingerprint density at radius 2 is 1.97 bits per heavy atom. The van der Waals surface area contributed by atoms with Gasteiger partial charge in [-0.15, -0.1) is 24.0 Å². The molecule has 0 saturated carbocycles. The highest BCUT2D eigenvalue weighted by molar-refractivity contribution is 14.0. The van der Waals surface area contributed by atoms with Crippen LogP contribution in [-0.2, 0) is 11.3 Å². The number of rotatable bonds is 8. The van der Waals surface area contributed by atoms with Crippen molar-refractivity contribution in [2.75, 3.05) is 45.4 Å². The highest BCUT2D eigenvalue weighted by atomic mass is 127. The quantitative estimate of drug-likeness (QED) is 0.239. The first-order chi connectivity index (χ1) is 14.2. The molecule has 0 aromatic heterocycles. The van der Waals surface area contributed by atoms with Crippen molar-refractivity contribution in [2.24, 2.45) is 4.99 Å². The Kier molecular flexibility index (Phi) is 10.2. The van der Waals surface area contributed by atoms with Crippen molar-refractivity contribution >= 4 is 35.6 Å². The molecule has 0 aliphatic carbocycles. The fourth-order valence-electron chi connectivity index (χ4n) is 3.43. The Bertz CT molecular complexity index is 798. The minimum atomic E-state index is 0. The Hall–Kier alpha value is -2.00. The lowest BCUT2D eigenvalue weighted by atomic mass is 10.2. The van der Waals surface area contributed by atoms with Gasteiger partial charge in [-0.1, -0.05) is 29.8 Å². The minimum absolute atomic E-state index is 0. The maximum absolute atomic E-state index is 5.68. The third kappa shape index (κ3) is 7.36. The summed E-state index contributed by atoms with van der Waals surface area (Å²) in [5.41, 5.74) is 3.73. The number of hydrogen-bond acceptors (Lipinski definition) is 4. The van der Waals surface area contributed by atoms with E-state index in [0.717, 1.165) is 36.8 Å². The van der Waals surface area contributed by atoms with Crippen molar-refractivity contribution in [3.63, 3.8) is 0 Å². The number of aliphatic imine (C=N–C) groups is 1. The topological polar surface area (TPSA) is 58.1 Å². The maximum atomic E-state index is 5.68. The summed E-state index contributed by atoms with van der Waals surface area (Å²) in [6.45, 7) is 5.98. The molecule has 0 bridgehead atoms. The molecule has 1 unspecified atom stereocenters. The molecule has 6 nitrogen and oxygen atoms in total. The molecule has 2 N–H and O–H groups in total. The van der Waals surface area contributed by atoms with Crippen LogP contribution in [0.15, 0.2) is 53.5 Å². The van der Waals surface area contributed by atoms with Gasteiger partial charge < -0.3 is 25.0 Å². The van der Waals surface area contributed by atoms with E-state index in [2.05, 4.69) is 57.8 Å². The smallest absolute Gasteiger partial charge is 0.191 e.